The summed E-state index contributed by atoms with van der Waals surface area (Å²) in [4.78, 5) is 17.1. The number of ether oxygens (including phenoxy) is 1. The molecular formula is C24H17Cl2F3N8O2. The number of aromatic amines is 1. The van der Waals surface area contributed by atoms with Gasteiger partial charge < -0.3 is 13.9 Å². The minimum Gasteiger partial charge on any atom is -0.406 e. The predicted molar refractivity (Wildman–Crippen MR) is 137 cm³/mol. The SMILES string of the molecule is Cn1c(=Nc2ccc(OC(F)(F)F)cc2)n(Cc2ccc(C(=O)Nc3nnn[nH]3)cc2)c2cc(Cl)c(Cl)cc21. The molecule has 0 aliphatic heterocycles. The van der Waals surface area contributed by atoms with Crippen LogP contribution in [0.4, 0.5) is 24.8 Å². The molecule has 200 valence electrons. The highest BCUT2D eigenvalue weighted by molar-refractivity contribution is 6.42. The molecule has 0 bridgehead atoms. The summed E-state index contributed by atoms with van der Waals surface area (Å²) in [5, 5.41) is 16.1. The number of carbonyl (C=O) groups excluding carboxylic acids is 1. The summed E-state index contributed by atoms with van der Waals surface area (Å²) in [6.07, 6.45) is -4.79. The molecule has 2 N–H and O–H groups in total. The number of rotatable bonds is 6. The van der Waals surface area contributed by atoms with E-state index in [1.54, 1.807) is 48.0 Å². The average Bonchev–Trinajstić information content (AvgIpc) is 3.48. The van der Waals surface area contributed by atoms with Gasteiger partial charge in [0.05, 0.1) is 33.3 Å². The number of hydrogen-bond acceptors (Lipinski definition) is 6. The number of imidazole rings is 1. The third kappa shape index (κ3) is 5.89. The van der Waals surface area contributed by atoms with Gasteiger partial charge in [-0.3, -0.25) is 10.1 Å². The largest absolute Gasteiger partial charge is 0.573 e. The summed E-state index contributed by atoms with van der Waals surface area (Å²) in [5.41, 5.74) is 3.56. The van der Waals surface area contributed by atoms with Crippen LogP contribution in [-0.2, 0) is 13.6 Å². The van der Waals surface area contributed by atoms with E-state index in [-0.39, 0.29) is 11.7 Å². The van der Waals surface area contributed by atoms with Crippen LogP contribution >= 0.6 is 23.2 Å². The van der Waals surface area contributed by atoms with Crippen LogP contribution in [0.3, 0.4) is 0 Å². The molecule has 0 aliphatic carbocycles. The molecule has 0 unspecified atom stereocenters. The lowest BCUT2D eigenvalue weighted by Gasteiger charge is -2.09. The number of anilines is 1. The maximum atomic E-state index is 12.5. The summed E-state index contributed by atoms with van der Waals surface area (Å²) < 4.78 is 45.2. The van der Waals surface area contributed by atoms with Gasteiger partial charge in [0.25, 0.3) is 5.91 Å². The topological polar surface area (TPSA) is 115 Å². The standard InChI is InChI=1S/C24H17Cl2F3N8O2/c1-36-19-10-17(25)18(26)11-20(19)37(23(36)30-15-6-8-16(9-7-15)39-24(27,28)29)12-13-2-4-14(5-3-13)21(38)31-22-32-34-35-33-22/h2-11H,12H2,1H3,(H2,31,32,33,34,35,38). The zero-order valence-corrected chi connectivity index (χ0v) is 21.4. The van der Waals surface area contributed by atoms with Crippen LogP contribution in [0.25, 0.3) is 11.0 Å². The van der Waals surface area contributed by atoms with Crippen LogP contribution in [0.1, 0.15) is 15.9 Å². The fraction of sp³-hybridized carbons (Fsp3) is 0.125. The number of fused-ring (bicyclic) bond motifs is 1. The molecule has 15 heteroatoms. The molecule has 5 rings (SSSR count). The number of tetrazole rings is 1. The highest BCUT2D eigenvalue weighted by atomic mass is 35.5. The minimum absolute atomic E-state index is 0.121. The van der Waals surface area contributed by atoms with Crippen LogP contribution in [0.2, 0.25) is 10.0 Å². The van der Waals surface area contributed by atoms with Crippen molar-refractivity contribution in [3.8, 4) is 5.75 Å². The molecule has 0 fully saturated rings. The van der Waals surface area contributed by atoms with Crippen LogP contribution in [0, 0.1) is 0 Å². The number of alkyl halides is 3. The summed E-state index contributed by atoms with van der Waals surface area (Å²) in [7, 11) is 1.79. The first kappa shape index (κ1) is 26.3. The predicted octanol–water partition coefficient (Wildman–Crippen LogP) is 5.23. The number of hydrogen-bond donors (Lipinski definition) is 2. The van der Waals surface area contributed by atoms with Crippen molar-refractivity contribution in [1.82, 2.24) is 29.8 Å². The van der Waals surface area contributed by atoms with Gasteiger partial charge in [-0.05, 0) is 64.5 Å². The number of carbonyl (C=O) groups is 1. The van der Waals surface area contributed by atoms with Crippen LogP contribution in [0.5, 0.6) is 5.75 Å². The Bertz CT molecular complexity index is 1710. The molecule has 0 saturated carbocycles. The van der Waals surface area contributed by atoms with E-state index in [1.165, 1.54) is 24.3 Å². The maximum Gasteiger partial charge on any atom is 0.573 e. The van der Waals surface area contributed by atoms with E-state index in [2.05, 4.69) is 35.7 Å². The average molecular weight is 577 g/mol. The highest BCUT2D eigenvalue weighted by Crippen LogP contribution is 2.28. The van der Waals surface area contributed by atoms with E-state index in [1.807, 2.05) is 4.57 Å². The lowest BCUT2D eigenvalue weighted by Crippen LogP contribution is -2.24. The number of aryl methyl sites for hydroxylation is 1. The Morgan fingerprint density at radius 1 is 1.05 bits per heavy atom. The molecule has 0 spiro atoms. The Kier molecular flexibility index (Phi) is 7.02. The first-order valence-electron chi connectivity index (χ1n) is 11.2. The minimum atomic E-state index is -4.79. The fourth-order valence-electron chi connectivity index (χ4n) is 3.87. The zero-order valence-electron chi connectivity index (χ0n) is 19.9. The van der Waals surface area contributed by atoms with E-state index in [0.29, 0.717) is 33.5 Å². The first-order chi connectivity index (χ1) is 18.6. The van der Waals surface area contributed by atoms with E-state index >= 15 is 0 Å². The number of nitrogens with one attached hydrogen (secondary N) is 2. The smallest absolute Gasteiger partial charge is 0.406 e. The van der Waals surface area contributed by atoms with Crippen molar-refractivity contribution < 1.29 is 22.7 Å². The van der Waals surface area contributed by atoms with Gasteiger partial charge in [0.1, 0.15) is 5.75 Å². The molecular weight excluding hydrogens is 560 g/mol. The summed E-state index contributed by atoms with van der Waals surface area (Å²) in [5.74, 6) is -0.628. The van der Waals surface area contributed by atoms with Crippen LogP contribution < -0.4 is 15.7 Å². The maximum absolute atomic E-state index is 12.5. The molecule has 3 aromatic carbocycles. The molecule has 0 atom stereocenters. The van der Waals surface area contributed by atoms with Crippen molar-refractivity contribution >= 4 is 51.8 Å². The highest BCUT2D eigenvalue weighted by Gasteiger charge is 2.31. The monoisotopic (exact) mass is 576 g/mol. The van der Waals surface area contributed by atoms with Crippen molar-refractivity contribution in [3.63, 3.8) is 0 Å². The number of nitrogens with zero attached hydrogens (tertiary/aromatic N) is 6. The van der Waals surface area contributed by atoms with Crippen LogP contribution in [0.15, 0.2) is 65.7 Å². The molecule has 5 aromatic rings. The van der Waals surface area contributed by atoms with Gasteiger partial charge in [0.2, 0.25) is 11.6 Å². The Morgan fingerprint density at radius 3 is 2.33 bits per heavy atom. The normalized spacial score (nSPS) is 12.2. The van der Waals surface area contributed by atoms with E-state index in [0.717, 1.165) is 16.6 Å². The molecule has 0 saturated heterocycles. The Labute approximate surface area is 227 Å². The second-order valence-electron chi connectivity index (χ2n) is 8.25. The fourth-order valence-corrected chi connectivity index (χ4v) is 4.19. The molecule has 39 heavy (non-hydrogen) atoms. The lowest BCUT2D eigenvalue weighted by atomic mass is 10.1. The van der Waals surface area contributed by atoms with Crippen molar-refractivity contribution in [3.05, 3.63) is 87.5 Å². The van der Waals surface area contributed by atoms with Gasteiger partial charge in [-0.25, -0.2) is 10.1 Å². The molecule has 0 radical (unpaired) electrons. The number of aromatic nitrogens is 6. The van der Waals surface area contributed by atoms with Gasteiger partial charge in [0, 0.05) is 12.6 Å². The van der Waals surface area contributed by atoms with Gasteiger partial charge in [-0.1, -0.05) is 40.4 Å². The lowest BCUT2D eigenvalue weighted by molar-refractivity contribution is -0.274. The number of amides is 1. The van der Waals surface area contributed by atoms with E-state index in [9.17, 15) is 18.0 Å². The number of benzene rings is 3. The molecule has 1 amide bonds. The Balaban J connectivity index is 1.51. The van der Waals surface area contributed by atoms with Crippen molar-refractivity contribution in [2.45, 2.75) is 12.9 Å². The van der Waals surface area contributed by atoms with Gasteiger partial charge in [-0.2, -0.15) is 0 Å². The van der Waals surface area contributed by atoms with Gasteiger partial charge >= 0.3 is 6.36 Å². The zero-order chi connectivity index (χ0) is 27.7. The first-order valence-corrected chi connectivity index (χ1v) is 11.9. The molecule has 2 aromatic heterocycles. The van der Waals surface area contributed by atoms with Gasteiger partial charge in [0.15, 0.2) is 0 Å². The van der Waals surface area contributed by atoms with E-state index in [4.69, 9.17) is 23.2 Å². The quantitative estimate of drug-likeness (QED) is 0.287. The molecule has 10 nitrogen and oxygen atoms in total. The van der Waals surface area contributed by atoms with Crippen molar-refractivity contribution in [2.75, 3.05) is 5.32 Å². The van der Waals surface area contributed by atoms with Crippen molar-refractivity contribution in [1.29, 1.82) is 0 Å². The van der Waals surface area contributed by atoms with Gasteiger partial charge in [-0.15, -0.1) is 13.2 Å². The second kappa shape index (κ2) is 10.4. The Hall–Kier alpha value is -4.36. The Morgan fingerprint density at radius 2 is 1.72 bits per heavy atom. The molecule has 0 aliphatic rings. The number of halogens is 5. The third-order valence-corrected chi connectivity index (χ3v) is 6.37. The summed E-state index contributed by atoms with van der Waals surface area (Å²) >= 11 is 12.6. The summed E-state index contributed by atoms with van der Waals surface area (Å²) in [6, 6.07) is 15.5. The van der Waals surface area contributed by atoms with E-state index < -0.39 is 12.3 Å². The molecule has 2 heterocycles. The van der Waals surface area contributed by atoms with Crippen LogP contribution in [-0.4, -0.2) is 42.0 Å². The van der Waals surface area contributed by atoms with Crippen molar-refractivity contribution in [2.24, 2.45) is 12.0 Å². The summed E-state index contributed by atoms with van der Waals surface area (Å²) in [6.45, 7) is 0.331. The number of H-pyrrole nitrogens is 1. The second-order valence-corrected chi connectivity index (χ2v) is 9.07. The third-order valence-electron chi connectivity index (χ3n) is 5.64.